The first-order valence-corrected chi connectivity index (χ1v) is 7.29. The average molecular weight is 305 g/mol. The molecule has 0 N–H and O–H groups in total. The van der Waals surface area contributed by atoms with Gasteiger partial charge in [-0.15, -0.1) is 4.57 Å². The lowest BCUT2D eigenvalue weighted by Crippen LogP contribution is -2.44. The molecule has 0 atom stereocenters. The summed E-state index contributed by atoms with van der Waals surface area (Å²) in [7, 11) is 0. The Morgan fingerprint density at radius 3 is 2.70 bits per heavy atom. The maximum atomic E-state index is 12.2. The van der Waals surface area contributed by atoms with E-state index in [1.54, 1.807) is 34.3 Å². The molecule has 0 spiro atoms. The van der Waals surface area contributed by atoms with E-state index in [9.17, 15) is 4.79 Å². The molecule has 0 radical (unpaired) electrons. The summed E-state index contributed by atoms with van der Waals surface area (Å²) < 4.78 is 8.17. The highest BCUT2D eigenvalue weighted by Crippen LogP contribution is 2.16. The number of hydrogen-bond donors (Lipinski definition) is 0. The van der Waals surface area contributed by atoms with Crippen molar-refractivity contribution in [3.63, 3.8) is 0 Å². The van der Waals surface area contributed by atoms with Gasteiger partial charge in [0.25, 0.3) is 0 Å². The summed E-state index contributed by atoms with van der Waals surface area (Å²) in [4.78, 5) is 12.2. The molecule has 0 aliphatic rings. The number of carbonyl (C=O) groups is 1. The van der Waals surface area contributed by atoms with Crippen LogP contribution >= 0.6 is 22.9 Å². The van der Waals surface area contributed by atoms with Crippen molar-refractivity contribution in [3.8, 4) is 5.75 Å². The van der Waals surface area contributed by atoms with Crippen molar-refractivity contribution in [3.05, 3.63) is 59.1 Å². The normalized spacial score (nSPS) is 10.7. The fourth-order valence-electron chi connectivity index (χ4n) is 1.86. The summed E-state index contributed by atoms with van der Waals surface area (Å²) in [5, 5.41) is 0.641. The highest BCUT2D eigenvalue weighted by molar-refractivity contribution is 7.16. The molecule has 0 saturated heterocycles. The van der Waals surface area contributed by atoms with Crippen LogP contribution in [-0.4, -0.2) is 12.5 Å². The number of para-hydroxylation sites is 1. The Balaban J connectivity index is 1.75. The van der Waals surface area contributed by atoms with Gasteiger partial charge in [-0.2, -0.15) is 0 Å². The second-order valence-corrected chi connectivity index (χ2v) is 5.52. The molecule has 1 aromatic heterocycles. The molecule has 20 heavy (non-hydrogen) atoms. The number of halogens is 1. The highest BCUT2D eigenvalue weighted by atomic mass is 35.5. The van der Waals surface area contributed by atoms with Crippen LogP contribution < -0.4 is 9.30 Å². The summed E-state index contributed by atoms with van der Waals surface area (Å²) in [6.07, 6.45) is 0. The second kappa shape index (κ2) is 5.61. The first-order chi connectivity index (χ1) is 9.74. The number of fused-ring (bicyclic) bond motifs is 1. The molecule has 0 saturated carbocycles. The fraction of sp³-hybridized carbons (Fsp3) is 0.0667. The molecule has 3 rings (SSSR count). The standard InChI is InChI=1S/C15H11ClNO2S/c16-11-5-7-12(8-6-11)19-9-15(18)17-10-20-14-4-2-1-3-13(14)17/h1-8,10H,9H2/q+1. The summed E-state index contributed by atoms with van der Waals surface area (Å²) in [5.41, 5.74) is 2.71. The maximum absolute atomic E-state index is 12.2. The first-order valence-electron chi connectivity index (χ1n) is 6.03. The third-order valence-electron chi connectivity index (χ3n) is 2.85. The van der Waals surface area contributed by atoms with E-state index >= 15 is 0 Å². The van der Waals surface area contributed by atoms with Crippen LogP contribution in [-0.2, 0) is 0 Å². The smallest absolute Gasteiger partial charge is 0.431 e. The van der Waals surface area contributed by atoms with E-state index in [0.717, 1.165) is 10.2 Å². The van der Waals surface area contributed by atoms with E-state index in [2.05, 4.69) is 0 Å². The number of hydrogen-bond acceptors (Lipinski definition) is 3. The Kier molecular flexibility index (Phi) is 3.67. The zero-order valence-corrected chi connectivity index (χ0v) is 12.0. The fourth-order valence-corrected chi connectivity index (χ4v) is 2.88. The van der Waals surface area contributed by atoms with Crippen LogP contribution in [0.15, 0.2) is 54.0 Å². The minimum Gasteiger partial charge on any atom is -0.479 e. The van der Waals surface area contributed by atoms with Crippen LogP contribution in [0.25, 0.3) is 10.2 Å². The van der Waals surface area contributed by atoms with E-state index < -0.39 is 0 Å². The summed E-state index contributed by atoms with van der Waals surface area (Å²) >= 11 is 7.33. The maximum Gasteiger partial charge on any atom is 0.431 e. The van der Waals surface area contributed by atoms with Crippen molar-refractivity contribution >= 4 is 39.1 Å². The molecule has 3 aromatic rings. The van der Waals surface area contributed by atoms with Crippen LogP contribution in [0.3, 0.4) is 0 Å². The van der Waals surface area contributed by atoms with Crippen LogP contribution in [0, 0.1) is 0 Å². The molecular weight excluding hydrogens is 294 g/mol. The highest BCUT2D eigenvalue weighted by Gasteiger charge is 2.20. The number of benzene rings is 2. The molecule has 0 bridgehead atoms. The number of thiazole rings is 1. The Morgan fingerprint density at radius 1 is 1.15 bits per heavy atom. The van der Waals surface area contributed by atoms with Crippen molar-refractivity contribution in [2.24, 2.45) is 0 Å². The van der Waals surface area contributed by atoms with Gasteiger partial charge in [0.1, 0.15) is 10.4 Å². The molecule has 0 amide bonds. The molecular formula is C15H11ClNO2S+. The van der Waals surface area contributed by atoms with Crippen molar-refractivity contribution in [2.75, 3.05) is 6.61 Å². The molecule has 1 heterocycles. The number of carbonyl (C=O) groups excluding carboxylic acids is 1. The van der Waals surface area contributed by atoms with E-state index in [1.165, 1.54) is 11.3 Å². The average Bonchev–Trinajstić information content (AvgIpc) is 2.90. The molecule has 0 fully saturated rings. The lowest BCUT2D eigenvalue weighted by molar-refractivity contribution is -0.541. The Bertz CT molecular complexity index is 752. The van der Waals surface area contributed by atoms with Gasteiger partial charge in [0, 0.05) is 11.1 Å². The van der Waals surface area contributed by atoms with Crippen molar-refractivity contribution in [1.29, 1.82) is 0 Å². The van der Waals surface area contributed by atoms with Gasteiger partial charge < -0.3 is 4.74 Å². The van der Waals surface area contributed by atoms with Crippen LogP contribution in [0.2, 0.25) is 5.02 Å². The number of aromatic nitrogens is 1. The number of rotatable bonds is 3. The molecule has 0 aliphatic carbocycles. The first kappa shape index (κ1) is 13.1. The Labute approximate surface area is 125 Å². The van der Waals surface area contributed by atoms with Gasteiger partial charge in [-0.3, -0.25) is 0 Å². The largest absolute Gasteiger partial charge is 0.479 e. The van der Waals surface area contributed by atoms with E-state index in [-0.39, 0.29) is 12.5 Å². The van der Waals surface area contributed by atoms with Crippen molar-refractivity contribution in [1.82, 2.24) is 0 Å². The van der Waals surface area contributed by atoms with Crippen LogP contribution in [0.1, 0.15) is 4.79 Å². The van der Waals surface area contributed by atoms with Gasteiger partial charge in [0.2, 0.25) is 17.6 Å². The number of nitrogens with zero attached hydrogens (tertiary/aromatic N) is 1. The Morgan fingerprint density at radius 2 is 1.90 bits per heavy atom. The molecule has 0 aliphatic heterocycles. The predicted octanol–water partition coefficient (Wildman–Crippen LogP) is 3.56. The van der Waals surface area contributed by atoms with Gasteiger partial charge in [-0.25, -0.2) is 4.79 Å². The van der Waals surface area contributed by atoms with Crippen LogP contribution in [0.5, 0.6) is 5.75 Å². The third-order valence-corrected chi connectivity index (χ3v) is 4.02. The van der Waals surface area contributed by atoms with Gasteiger partial charge in [-0.1, -0.05) is 35.1 Å². The van der Waals surface area contributed by atoms with Crippen molar-refractivity contribution < 1.29 is 14.1 Å². The number of ether oxygens (including phenoxy) is 1. The van der Waals surface area contributed by atoms with Gasteiger partial charge in [0.05, 0.1) is 0 Å². The predicted molar refractivity (Wildman–Crippen MR) is 79.6 cm³/mol. The SMILES string of the molecule is O=C(COc1ccc(Cl)cc1)[n+]1csc2ccccc21. The third kappa shape index (κ3) is 2.66. The molecule has 5 heteroatoms. The van der Waals surface area contributed by atoms with E-state index in [0.29, 0.717) is 10.8 Å². The van der Waals surface area contributed by atoms with Gasteiger partial charge in [-0.05, 0) is 30.3 Å². The van der Waals surface area contributed by atoms with Crippen LogP contribution in [0.4, 0.5) is 0 Å². The van der Waals surface area contributed by atoms with E-state index in [4.69, 9.17) is 16.3 Å². The monoisotopic (exact) mass is 304 g/mol. The van der Waals surface area contributed by atoms with Gasteiger partial charge >= 0.3 is 5.91 Å². The summed E-state index contributed by atoms with van der Waals surface area (Å²) in [5.74, 6) is 0.528. The summed E-state index contributed by atoms with van der Waals surface area (Å²) in [6.45, 7) is -0.00692. The molecule has 0 unspecified atom stereocenters. The minimum absolute atomic E-state index is 0.00692. The molecule has 2 aromatic carbocycles. The van der Waals surface area contributed by atoms with E-state index in [1.807, 2.05) is 24.3 Å². The zero-order valence-electron chi connectivity index (χ0n) is 10.5. The zero-order chi connectivity index (χ0) is 13.9. The topological polar surface area (TPSA) is 30.2 Å². The molecule has 100 valence electrons. The lowest BCUT2D eigenvalue weighted by atomic mass is 10.3. The second-order valence-electron chi connectivity index (χ2n) is 4.20. The lowest BCUT2D eigenvalue weighted by Gasteiger charge is -2.01. The summed E-state index contributed by atoms with van der Waals surface area (Å²) in [6, 6.07) is 14.7. The van der Waals surface area contributed by atoms with Gasteiger partial charge in [0.15, 0.2) is 0 Å². The Hall–Kier alpha value is -1.91. The minimum atomic E-state index is -0.0996. The quantitative estimate of drug-likeness (QED) is 0.693. The molecule has 3 nitrogen and oxygen atoms in total. The van der Waals surface area contributed by atoms with Crippen molar-refractivity contribution in [2.45, 2.75) is 0 Å².